The van der Waals surface area contributed by atoms with Crippen molar-refractivity contribution < 1.29 is 34.2 Å². The lowest BCUT2D eigenvalue weighted by atomic mass is 9.97. The van der Waals surface area contributed by atoms with Gasteiger partial charge in [0.05, 0.1) is 12.5 Å². The van der Waals surface area contributed by atoms with E-state index in [1.54, 1.807) is 27.7 Å². The Balaban J connectivity index is 5.59. The minimum absolute atomic E-state index is 0.0382. The van der Waals surface area contributed by atoms with Crippen LogP contribution in [0.15, 0.2) is 0 Å². The number of nitrogens with one attached hydrogen (secondary N) is 3. The van der Waals surface area contributed by atoms with Crippen molar-refractivity contribution in [3.63, 3.8) is 0 Å². The van der Waals surface area contributed by atoms with Gasteiger partial charge < -0.3 is 37.6 Å². The first-order valence-corrected chi connectivity index (χ1v) is 10.6. The molecule has 12 nitrogen and oxygen atoms in total. The van der Waals surface area contributed by atoms with E-state index in [0.29, 0.717) is 6.42 Å². The Labute approximate surface area is 187 Å². The lowest BCUT2D eigenvalue weighted by Crippen LogP contribution is -2.60. The van der Waals surface area contributed by atoms with Crippen LogP contribution in [0, 0.1) is 11.8 Å². The third-order valence-electron chi connectivity index (χ3n) is 4.98. The summed E-state index contributed by atoms with van der Waals surface area (Å²) in [7, 11) is 0. The second-order valence-corrected chi connectivity index (χ2v) is 8.40. The zero-order valence-electron chi connectivity index (χ0n) is 19.3. The first-order chi connectivity index (χ1) is 14.7. The second kappa shape index (κ2) is 13.6. The Bertz CT molecular complexity index is 683. The fourth-order valence-electron chi connectivity index (χ4n) is 2.81. The molecule has 0 aliphatic rings. The molecule has 12 heteroatoms. The standard InChI is InChI=1S/C20H37N5O7/c1-6-10(4)16(25-18(29)15(22)11(5)26)19(30)23-12(8-14(21)27)17(28)24-13(20(31)32)7-9(2)3/h9-13,15-16,26H,6-8,22H2,1-5H3,(H2,21,27)(H,23,30)(H,24,28)(H,25,29)(H,31,32). The molecule has 0 fully saturated rings. The van der Waals surface area contributed by atoms with E-state index in [0.717, 1.165) is 0 Å². The van der Waals surface area contributed by atoms with Crippen molar-refractivity contribution in [2.75, 3.05) is 0 Å². The predicted octanol–water partition coefficient (Wildman–Crippen LogP) is -1.80. The number of carbonyl (C=O) groups excluding carboxylic acids is 4. The van der Waals surface area contributed by atoms with Gasteiger partial charge in [0.25, 0.3) is 0 Å². The molecule has 0 aliphatic carbocycles. The van der Waals surface area contributed by atoms with Crippen LogP contribution in [0.2, 0.25) is 0 Å². The van der Waals surface area contributed by atoms with Crippen molar-refractivity contribution >= 4 is 29.6 Å². The number of aliphatic hydroxyl groups excluding tert-OH is 1. The smallest absolute Gasteiger partial charge is 0.326 e. The summed E-state index contributed by atoms with van der Waals surface area (Å²) in [6.07, 6.45) is -1.11. The van der Waals surface area contributed by atoms with Crippen LogP contribution in [-0.4, -0.2) is 70.1 Å². The quantitative estimate of drug-likeness (QED) is 0.157. The highest BCUT2D eigenvalue weighted by Gasteiger charge is 2.33. The summed E-state index contributed by atoms with van der Waals surface area (Å²) in [6.45, 7) is 8.35. The van der Waals surface area contributed by atoms with Crippen LogP contribution < -0.4 is 27.4 Å². The zero-order valence-corrected chi connectivity index (χ0v) is 19.3. The highest BCUT2D eigenvalue weighted by Crippen LogP contribution is 2.10. The summed E-state index contributed by atoms with van der Waals surface area (Å²) < 4.78 is 0. The van der Waals surface area contributed by atoms with Crippen molar-refractivity contribution in [2.45, 2.75) is 84.2 Å². The average molecular weight is 460 g/mol. The Morgan fingerprint density at radius 3 is 1.81 bits per heavy atom. The van der Waals surface area contributed by atoms with Crippen LogP contribution in [0.1, 0.15) is 53.9 Å². The predicted molar refractivity (Wildman–Crippen MR) is 116 cm³/mol. The summed E-state index contributed by atoms with van der Waals surface area (Å²) >= 11 is 0. The topological polar surface area (TPSA) is 214 Å². The number of rotatable bonds is 14. The number of aliphatic hydroxyl groups is 1. The van der Waals surface area contributed by atoms with Crippen molar-refractivity contribution in [1.29, 1.82) is 0 Å². The summed E-state index contributed by atoms with van der Waals surface area (Å²) in [5.74, 6) is -5.00. The van der Waals surface area contributed by atoms with Gasteiger partial charge in [-0.2, -0.15) is 0 Å². The highest BCUT2D eigenvalue weighted by atomic mass is 16.4. The summed E-state index contributed by atoms with van der Waals surface area (Å²) in [5, 5.41) is 26.0. The fraction of sp³-hybridized carbons (Fsp3) is 0.750. The number of hydrogen-bond acceptors (Lipinski definition) is 7. The van der Waals surface area contributed by atoms with Gasteiger partial charge in [-0.25, -0.2) is 4.79 Å². The largest absolute Gasteiger partial charge is 0.480 e. The molecule has 0 spiro atoms. The van der Waals surface area contributed by atoms with E-state index in [1.165, 1.54) is 6.92 Å². The van der Waals surface area contributed by atoms with Crippen molar-refractivity contribution in [3.8, 4) is 0 Å². The van der Waals surface area contributed by atoms with Gasteiger partial charge in [0.1, 0.15) is 24.2 Å². The van der Waals surface area contributed by atoms with Gasteiger partial charge in [-0.05, 0) is 25.2 Å². The molecule has 4 amide bonds. The zero-order chi connectivity index (χ0) is 25.2. The molecule has 0 aliphatic heterocycles. The van der Waals surface area contributed by atoms with Gasteiger partial charge >= 0.3 is 5.97 Å². The molecular weight excluding hydrogens is 422 g/mol. The lowest BCUT2D eigenvalue weighted by Gasteiger charge is -2.28. The van der Waals surface area contributed by atoms with E-state index in [9.17, 15) is 34.2 Å². The SMILES string of the molecule is CCC(C)C(NC(=O)C(N)C(C)O)C(=O)NC(CC(N)=O)C(=O)NC(CC(C)C)C(=O)O. The second-order valence-electron chi connectivity index (χ2n) is 8.40. The highest BCUT2D eigenvalue weighted by molar-refractivity contribution is 5.96. The number of carboxylic acid groups (broad SMARTS) is 1. The summed E-state index contributed by atoms with van der Waals surface area (Å²) in [5.41, 5.74) is 10.8. The first kappa shape index (κ1) is 29.3. The molecule has 0 aromatic heterocycles. The molecule has 0 rings (SSSR count). The molecule has 0 radical (unpaired) electrons. The molecule has 0 saturated heterocycles. The molecule has 0 saturated carbocycles. The van der Waals surface area contributed by atoms with Crippen LogP contribution in [0.25, 0.3) is 0 Å². The number of carbonyl (C=O) groups is 5. The van der Waals surface area contributed by atoms with Gasteiger partial charge in [0.15, 0.2) is 0 Å². The maximum Gasteiger partial charge on any atom is 0.326 e. The molecule has 0 heterocycles. The molecule has 32 heavy (non-hydrogen) atoms. The first-order valence-electron chi connectivity index (χ1n) is 10.6. The van der Waals surface area contributed by atoms with E-state index in [2.05, 4.69) is 16.0 Å². The van der Waals surface area contributed by atoms with Gasteiger partial charge in [-0.1, -0.05) is 34.1 Å². The van der Waals surface area contributed by atoms with Gasteiger partial charge in [-0.3, -0.25) is 19.2 Å². The lowest BCUT2D eigenvalue weighted by molar-refractivity contribution is -0.143. The minimum Gasteiger partial charge on any atom is -0.480 e. The van der Waals surface area contributed by atoms with E-state index >= 15 is 0 Å². The Morgan fingerprint density at radius 2 is 1.41 bits per heavy atom. The average Bonchev–Trinajstić information content (AvgIpc) is 2.68. The van der Waals surface area contributed by atoms with E-state index in [4.69, 9.17) is 11.5 Å². The van der Waals surface area contributed by atoms with Crippen LogP contribution in [0.5, 0.6) is 0 Å². The Morgan fingerprint density at radius 1 is 0.875 bits per heavy atom. The molecule has 9 N–H and O–H groups in total. The number of aliphatic carboxylic acids is 1. The molecule has 6 atom stereocenters. The van der Waals surface area contributed by atoms with Gasteiger partial charge in [0, 0.05) is 0 Å². The van der Waals surface area contributed by atoms with Crippen molar-refractivity contribution in [2.24, 2.45) is 23.3 Å². The molecular formula is C20H37N5O7. The Hall–Kier alpha value is -2.73. The number of amides is 4. The van der Waals surface area contributed by atoms with Crippen LogP contribution in [0.3, 0.4) is 0 Å². The normalized spacial score (nSPS) is 16.8. The van der Waals surface area contributed by atoms with E-state index in [1.807, 2.05) is 0 Å². The number of carboxylic acids is 1. The number of nitrogens with two attached hydrogens (primary N) is 2. The Kier molecular flexibility index (Phi) is 12.5. The van der Waals surface area contributed by atoms with Crippen LogP contribution >= 0.6 is 0 Å². The number of hydrogen-bond donors (Lipinski definition) is 7. The van der Waals surface area contributed by atoms with E-state index in [-0.39, 0.29) is 18.3 Å². The maximum absolute atomic E-state index is 12.9. The third kappa shape index (κ3) is 10.1. The molecule has 184 valence electrons. The summed E-state index contributed by atoms with van der Waals surface area (Å²) in [6, 6.07) is -5.05. The van der Waals surface area contributed by atoms with Crippen LogP contribution in [0.4, 0.5) is 0 Å². The molecule has 6 unspecified atom stereocenters. The van der Waals surface area contributed by atoms with E-state index < -0.39 is 66.3 Å². The number of primary amides is 1. The fourth-order valence-corrected chi connectivity index (χ4v) is 2.81. The van der Waals surface area contributed by atoms with Crippen molar-refractivity contribution in [1.82, 2.24) is 16.0 Å². The van der Waals surface area contributed by atoms with Crippen molar-refractivity contribution in [3.05, 3.63) is 0 Å². The minimum atomic E-state index is -1.44. The molecule has 0 aromatic rings. The molecule has 0 bridgehead atoms. The maximum atomic E-state index is 12.9. The van der Waals surface area contributed by atoms with Crippen LogP contribution in [-0.2, 0) is 24.0 Å². The monoisotopic (exact) mass is 459 g/mol. The third-order valence-corrected chi connectivity index (χ3v) is 4.98. The van der Waals surface area contributed by atoms with Gasteiger partial charge in [-0.15, -0.1) is 0 Å². The molecule has 0 aromatic carbocycles. The van der Waals surface area contributed by atoms with Gasteiger partial charge in [0.2, 0.25) is 23.6 Å². The summed E-state index contributed by atoms with van der Waals surface area (Å²) in [4.78, 5) is 60.7.